The van der Waals surface area contributed by atoms with Crippen LogP contribution < -0.4 is 10.9 Å². The number of hydrogen-bond donors (Lipinski definition) is 0. The summed E-state index contributed by atoms with van der Waals surface area (Å²) in [7, 11) is 3.97. The van der Waals surface area contributed by atoms with E-state index in [1.807, 2.05) is 80.4 Å². The molecule has 24 heavy (non-hydrogen) atoms. The Labute approximate surface area is 143 Å². The highest BCUT2D eigenvalue weighted by atomic mass is 16.6. The lowest BCUT2D eigenvalue weighted by molar-refractivity contribution is -0.458. The molecule has 0 atom stereocenters. The van der Waals surface area contributed by atoms with Crippen molar-refractivity contribution in [3.63, 3.8) is 0 Å². The van der Waals surface area contributed by atoms with Crippen LogP contribution >= 0.6 is 0 Å². The lowest BCUT2D eigenvalue weighted by Crippen LogP contribution is -2.63. The Kier molecular flexibility index (Phi) is 4.56. The molecular weight excluding hydrogens is 297 g/mol. The van der Waals surface area contributed by atoms with Crippen molar-refractivity contribution in [3.8, 4) is 0 Å². The average molecular weight is 319 g/mol. The zero-order valence-corrected chi connectivity index (χ0v) is 14.3. The fourth-order valence-electron chi connectivity index (χ4n) is 2.93. The molecule has 0 amide bonds. The molecule has 0 radical (unpaired) electrons. The second kappa shape index (κ2) is 6.79. The van der Waals surface area contributed by atoms with Gasteiger partial charge in [-0.15, -0.1) is 10.9 Å². The Morgan fingerprint density at radius 3 is 1.88 bits per heavy atom. The van der Waals surface area contributed by atoms with E-state index in [2.05, 4.69) is 24.3 Å². The second-order valence-corrected chi connectivity index (χ2v) is 6.21. The maximum atomic E-state index is 6.43. The first-order chi connectivity index (χ1) is 11.6. The van der Waals surface area contributed by atoms with Gasteiger partial charge >= 0.3 is 6.55 Å². The van der Waals surface area contributed by atoms with Crippen LogP contribution in [0.2, 0.25) is 0 Å². The topological polar surface area (TPSA) is 21.5 Å². The predicted octanol–water partition coefficient (Wildman–Crippen LogP) is 2.42. The van der Waals surface area contributed by atoms with E-state index < -0.39 is 6.55 Å². The molecule has 122 valence electrons. The minimum atomic E-state index is -1.80. The standard InChI is InChI=1S/C20H22BNO2/c1-17-16-20(14-15-22(2)3)24-21(23-17,18-10-6-4-7-11-18)19-12-8-5-9-13-19/h4-16H,1-3H3/b20-14+. The molecule has 3 nitrogen and oxygen atoms in total. The molecule has 0 aliphatic carbocycles. The summed E-state index contributed by atoms with van der Waals surface area (Å²) >= 11 is 0. The van der Waals surface area contributed by atoms with Gasteiger partial charge in [0.05, 0.1) is 5.76 Å². The first-order valence-electron chi connectivity index (χ1n) is 8.13. The molecule has 2 aromatic rings. The third kappa shape index (κ3) is 3.28. The van der Waals surface area contributed by atoms with Crippen molar-refractivity contribution >= 4 is 23.7 Å². The number of rotatable bonds is 3. The van der Waals surface area contributed by atoms with Crippen LogP contribution in [-0.2, 0) is 9.31 Å². The molecule has 1 heterocycles. The summed E-state index contributed by atoms with van der Waals surface area (Å²) in [4.78, 5) is 0. The highest BCUT2D eigenvalue weighted by molar-refractivity contribution is 6.93. The quantitative estimate of drug-likeness (QED) is 0.492. The van der Waals surface area contributed by atoms with Crippen molar-refractivity contribution in [2.24, 2.45) is 0 Å². The van der Waals surface area contributed by atoms with E-state index >= 15 is 0 Å². The van der Waals surface area contributed by atoms with Gasteiger partial charge in [0.15, 0.2) is 6.21 Å². The minimum Gasteiger partial charge on any atom is -0.679 e. The molecule has 1 aliphatic rings. The Morgan fingerprint density at radius 1 is 0.833 bits per heavy atom. The average Bonchev–Trinajstić information content (AvgIpc) is 2.61. The van der Waals surface area contributed by atoms with Crippen LogP contribution in [-0.4, -0.2) is 31.4 Å². The van der Waals surface area contributed by atoms with Crippen LogP contribution in [0.1, 0.15) is 6.92 Å². The summed E-state index contributed by atoms with van der Waals surface area (Å²) in [5, 5.41) is 0. The van der Waals surface area contributed by atoms with Crippen LogP contribution in [0.3, 0.4) is 0 Å². The predicted molar refractivity (Wildman–Crippen MR) is 100 cm³/mol. The van der Waals surface area contributed by atoms with Gasteiger partial charge in [0.2, 0.25) is 0 Å². The van der Waals surface area contributed by atoms with Gasteiger partial charge in [0.1, 0.15) is 14.1 Å². The van der Waals surface area contributed by atoms with E-state index in [-0.39, 0.29) is 0 Å². The minimum absolute atomic E-state index is 0.792. The summed E-state index contributed by atoms with van der Waals surface area (Å²) < 4.78 is 14.7. The van der Waals surface area contributed by atoms with Crippen molar-refractivity contribution < 1.29 is 13.9 Å². The third-order valence-electron chi connectivity index (χ3n) is 4.01. The molecule has 0 fully saturated rings. The van der Waals surface area contributed by atoms with Gasteiger partial charge in [-0.3, -0.25) is 0 Å². The normalized spacial score (nSPS) is 17.5. The molecular formula is C20H22BNO2. The summed E-state index contributed by atoms with van der Waals surface area (Å²) in [6, 6.07) is 20.3. The van der Waals surface area contributed by atoms with E-state index in [9.17, 15) is 0 Å². The van der Waals surface area contributed by atoms with Crippen LogP contribution in [0.15, 0.2) is 84.3 Å². The maximum absolute atomic E-state index is 6.43. The number of nitrogens with zero attached hydrogens (tertiary/aromatic N) is 1. The summed E-state index contributed by atoms with van der Waals surface area (Å²) in [6.45, 7) is 0.165. The van der Waals surface area contributed by atoms with Gasteiger partial charge < -0.3 is 9.31 Å². The molecule has 0 saturated heterocycles. The number of benzene rings is 2. The summed E-state index contributed by atoms with van der Waals surface area (Å²) in [5.41, 5.74) is 2.04. The van der Waals surface area contributed by atoms with E-state index in [0.717, 1.165) is 22.4 Å². The van der Waals surface area contributed by atoms with Crippen LogP contribution in [0, 0.1) is 0 Å². The van der Waals surface area contributed by atoms with E-state index in [4.69, 9.17) is 9.31 Å². The van der Waals surface area contributed by atoms with Gasteiger partial charge in [0, 0.05) is 17.9 Å². The molecule has 0 aromatic heterocycles. The van der Waals surface area contributed by atoms with Gasteiger partial charge in [-0.05, 0) is 6.92 Å². The SMILES string of the molecule is CC1=C/C(=C\C=[N+](C)C)O[B-](c2ccccc2)(c2ccccc2)O1. The lowest BCUT2D eigenvalue weighted by Gasteiger charge is -2.47. The fraction of sp³-hybridized carbons (Fsp3) is 0.150. The van der Waals surface area contributed by atoms with E-state index in [1.54, 1.807) is 0 Å². The van der Waals surface area contributed by atoms with Gasteiger partial charge in [-0.25, -0.2) is 4.58 Å². The molecule has 0 unspecified atom stereocenters. The van der Waals surface area contributed by atoms with Gasteiger partial charge in [0.25, 0.3) is 0 Å². The Hall–Kier alpha value is -2.75. The van der Waals surface area contributed by atoms with Crippen LogP contribution in [0.4, 0.5) is 0 Å². The zero-order valence-electron chi connectivity index (χ0n) is 14.3. The molecule has 0 N–H and O–H groups in total. The van der Waals surface area contributed by atoms with Crippen molar-refractivity contribution in [1.29, 1.82) is 0 Å². The highest BCUT2D eigenvalue weighted by Crippen LogP contribution is 2.24. The largest absolute Gasteiger partial charge is 0.679 e. The van der Waals surface area contributed by atoms with Crippen LogP contribution in [0.25, 0.3) is 0 Å². The van der Waals surface area contributed by atoms with Gasteiger partial charge in [-0.2, -0.15) is 0 Å². The fourth-order valence-corrected chi connectivity index (χ4v) is 2.93. The van der Waals surface area contributed by atoms with E-state index in [0.29, 0.717) is 0 Å². The van der Waals surface area contributed by atoms with E-state index in [1.165, 1.54) is 0 Å². The number of hydrogen-bond acceptors (Lipinski definition) is 2. The highest BCUT2D eigenvalue weighted by Gasteiger charge is 2.37. The molecule has 2 aromatic carbocycles. The smallest absolute Gasteiger partial charge is 0.405 e. The summed E-state index contributed by atoms with van der Waals surface area (Å²) in [6.07, 6.45) is 5.86. The Morgan fingerprint density at radius 2 is 1.38 bits per heavy atom. The molecule has 0 saturated carbocycles. The molecule has 4 heteroatoms. The van der Waals surface area contributed by atoms with Crippen molar-refractivity contribution in [2.45, 2.75) is 6.92 Å². The molecule has 0 bridgehead atoms. The Balaban J connectivity index is 2.15. The second-order valence-electron chi connectivity index (χ2n) is 6.21. The van der Waals surface area contributed by atoms with Crippen LogP contribution in [0.5, 0.6) is 0 Å². The molecule has 3 rings (SSSR count). The first-order valence-corrected chi connectivity index (χ1v) is 8.13. The van der Waals surface area contributed by atoms with Crippen molar-refractivity contribution in [2.75, 3.05) is 14.1 Å². The van der Waals surface area contributed by atoms with Crippen molar-refractivity contribution in [3.05, 3.63) is 84.3 Å². The number of allylic oxidation sites excluding steroid dienone is 3. The lowest BCUT2D eigenvalue weighted by atomic mass is 9.46. The molecule has 1 aliphatic heterocycles. The van der Waals surface area contributed by atoms with Crippen molar-refractivity contribution in [1.82, 2.24) is 0 Å². The summed E-state index contributed by atoms with van der Waals surface area (Å²) in [5.74, 6) is 1.63. The Bertz CT molecular complexity index is 751. The molecule has 0 spiro atoms. The maximum Gasteiger partial charge on any atom is 0.405 e. The zero-order chi connectivity index (χ0) is 17.0. The first kappa shape index (κ1) is 16.1. The third-order valence-corrected chi connectivity index (χ3v) is 4.01. The van der Waals surface area contributed by atoms with Gasteiger partial charge in [-0.1, -0.05) is 60.7 Å². The monoisotopic (exact) mass is 319 g/mol.